The Kier molecular flexibility index (Phi) is 7.80. The molecule has 4 rings (SSSR count). The molecule has 168 valence electrons. The second kappa shape index (κ2) is 11.2. The Morgan fingerprint density at radius 1 is 0.970 bits per heavy atom. The number of carbonyl (C=O) groups excluding carboxylic acids is 1. The third-order valence-electron chi connectivity index (χ3n) is 4.96. The van der Waals surface area contributed by atoms with Crippen LogP contribution in [0.25, 0.3) is 5.69 Å². The highest BCUT2D eigenvalue weighted by Crippen LogP contribution is 2.26. The van der Waals surface area contributed by atoms with Crippen molar-refractivity contribution in [2.24, 2.45) is 0 Å². The fourth-order valence-corrected chi connectivity index (χ4v) is 4.43. The first kappa shape index (κ1) is 23.1. The molecule has 0 saturated heterocycles. The van der Waals surface area contributed by atoms with Crippen LogP contribution in [0.4, 0.5) is 0 Å². The topological polar surface area (TPSA) is 69.0 Å². The number of para-hydroxylation sites is 1. The Labute approximate surface area is 205 Å². The quantitative estimate of drug-likeness (QED) is 0.306. The van der Waals surface area contributed by atoms with E-state index < -0.39 is 0 Å². The second-order valence-electron chi connectivity index (χ2n) is 7.29. The lowest BCUT2D eigenvalue weighted by molar-refractivity contribution is -0.120. The molecular formula is C25H23BrN4O2S. The van der Waals surface area contributed by atoms with Gasteiger partial charge in [-0.2, -0.15) is 0 Å². The van der Waals surface area contributed by atoms with Gasteiger partial charge in [-0.25, -0.2) is 0 Å². The smallest absolute Gasteiger partial charge is 0.224 e. The first-order chi connectivity index (χ1) is 16.1. The van der Waals surface area contributed by atoms with Crippen molar-refractivity contribution in [1.29, 1.82) is 0 Å². The van der Waals surface area contributed by atoms with Gasteiger partial charge in [0.05, 0.1) is 20.1 Å². The SMILES string of the molecule is COc1ccc(CC(=O)NCc2nnc(SCc3ccc(Br)cc3)n2-c2ccccc2)cc1. The van der Waals surface area contributed by atoms with E-state index in [1.165, 1.54) is 5.56 Å². The number of methoxy groups -OCH3 is 1. The van der Waals surface area contributed by atoms with Gasteiger partial charge >= 0.3 is 0 Å². The molecule has 0 bridgehead atoms. The number of nitrogens with zero attached hydrogens (tertiary/aromatic N) is 3. The first-order valence-corrected chi connectivity index (χ1v) is 12.2. The number of rotatable bonds is 9. The molecule has 1 heterocycles. The standard InChI is InChI=1S/C25H23BrN4O2S/c1-32-22-13-9-18(10-14-22)15-24(31)27-16-23-28-29-25(30(23)21-5-3-2-4-6-21)33-17-19-7-11-20(26)12-8-19/h2-14H,15-17H2,1H3,(H,27,31). The number of aromatic nitrogens is 3. The number of carbonyl (C=O) groups is 1. The van der Waals surface area contributed by atoms with Gasteiger partial charge in [0.1, 0.15) is 5.75 Å². The summed E-state index contributed by atoms with van der Waals surface area (Å²) in [6.07, 6.45) is 0.286. The summed E-state index contributed by atoms with van der Waals surface area (Å²) >= 11 is 5.08. The highest BCUT2D eigenvalue weighted by Gasteiger charge is 2.15. The number of halogens is 1. The molecule has 0 aliphatic heterocycles. The molecule has 3 aromatic carbocycles. The maximum Gasteiger partial charge on any atom is 0.224 e. The number of ether oxygens (including phenoxy) is 1. The summed E-state index contributed by atoms with van der Waals surface area (Å²) in [6, 6.07) is 25.7. The molecule has 0 spiro atoms. The van der Waals surface area contributed by atoms with E-state index in [-0.39, 0.29) is 18.9 Å². The lowest BCUT2D eigenvalue weighted by Crippen LogP contribution is -2.26. The van der Waals surface area contributed by atoms with Crippen LogP contribution in [0.15, 0.2) is 88.5 Å². The van der Waals surface area contributed by atoms with E-state index in [1.54, 1.807) is 18.9 Å². The highest BCUT2D eigenvalue weighted by atomic mass is 79.9. The number of thioether (sulfide) groups is 1. The van der Waals surface area contributed by atoms with E-state index in [2.05, 4.69) is 43.6 Å². The molecule has 1 amide bonds. The maximum atomic E-state index is 12.5. The molecule has 1 N–H and O–H groups in total. The molecule has 0 aliphatic rings. The van der Waals surface area contributed by atoms with E-state index in [9.17, 15) is 4.79 Å². The third-order valence-corrected chi connectivity index (χ3v) is 6.49. The molecule has 0 radical (unpaired) electrons. The molecule has 4 aromatic rings. The van der Waals surface area contributed by atoms with Crippen molar-refractivity contribution in [2.45, 2.75) is 23.9 Å². The summed E-state index contributed by atoms with van der Waals surface area (Å²) in [5, 5.41) is 12.5. The van der Waals surface area contributed by atoms with Gasteiger partial charge in [-0.1, -0.05) is 70.2 Å². The molecular weight excluding hydrogens is 500 g/mol. The number of nitrogens with one attached hydrogen (secondary N) is 1. The Hall–Kier alpha value is -3.10. The van der Waals surface area contributed by atoms with E-state index in [1.807, 2.05) is 71.3 Å². The van der Waals surface area contributed by atoms with Crippen molar-refractivity contribution in [1.82, 2.24) is 20.1 Å². The monoisotopic (exact) mass is 522 g/mol. The van der Waals surface area contributed by atoms with Crippen molar-refractivity contribution < 1.29 is 9.53 Å². The average Bonchev–Trinajstić information content (AvgIpc) is 3.26. The summed E-state index contributed by atoms with van der Waals surface area (Å²) in [5.74, 6) is 2.14. The van der Waals surface area contributed by atoms with Crippen LogP contribution >= 0.6 is 27.7 Å². The van der Waals surface area contributed by atoms with Gasteiger partial charge < -0.3 is 10.1 Å². The number of hydrogen-bond acceptors (Lipinski definition) is 5. The molecule has 6 nitrogen and oxygen atoms in total. The zero-order valence-electron chi connectivity index (χ0n) is 18.1. The van der Waals surface area contributed by atoms with Crippen molar-refractivity contribution in [3.8, 4) is 11.4 Å². The summed E-state index contributed by atoms with van der Waals surface area (Å²) < 4.78 is 8.22. The van der Waals surface area contributed by atoms with Crippen molar-refractivity contribution in [3.63, 3.8) is 0 Å². The van der Waals surface area contributed by atoms with E-state index in [0.29, 0.717) is 5.82 Å². The minimum Gasteiger partial charge on any atom is -0.497 e. The molecule has 33 heavy (non-hydrogen) atoms. The fourth-order valence-electron chi connectivity index (χ4n) is 3.24. The number of amides is 1. The zero-order chi connectivity index (χ0) is 23.0. The van der Waals surface area contributed by atoms with Gasteiger partial charge in [0.2, 0.25) is 5.91 Å². The highest BCUT2D eigenvalue weighted by molar-refractivity contribution is 9.10. The second-order valence-corrected chi connectivity index (χ2v) is 9.14. The van der Waals surface area contributed by atoms with Gasteiger partial charge in [0.15, 0.2) is 11.0 Å². The van der Waals surface area contributed by atoms with Crippen LogP contribution in [0.1, 0.15) is 17.0 Å². The average molecular weight is 523 g/mol. The lowest BCUT2D eigenvalue weighted by Gasteiger charge is -2.11. The van der Waals surface area contributed by atoms with Gasteiger partial charge in [0.25, 0.3) is 0 Å². The summed E-state index contributed by atoms with van der Waals surface area (Å²) in [5.41, 5.74) is 3.07. The molecule has 8 heteroatoms. The molecule has 0 unspecified atom stereocenters. The predicted molar refractivity (Wildman–Crippen MR) is 134 cm³/mol. The number of hydrogen-bond donors (Lipinski definition) is 1. The minimum absolute atomic E-state index is 0.0770. The Balaban J connectivity index is 1.46. The lowest BCUT2D eigenvalue weighted by atomic mass is 10.1. The van der Waals surface area contributed by atoms with Crippen LogP contribution in [0.3, 0.4) is 0 Å². The molecule has 0 saturated carbocycles. The summed E-state index contributed by atoms with van der Waals surface area (Å²) in [7, 11) is 1.62. The fraction of sp³-hybridized carbons (Fsp3) is 0.160. The predicted octanol–water partition coefficient (Wildman–Crippen LogP) is 5.19. The Morgan fingerprint density at radius 3 is 2.36 bits per heavy atom. The molecule has 0 aliphatic carbocycles. The normalized spacial score (nSPS) is 10.7. The molecule has 1 aromatic heterocycles. The molecule has 0 atom stereocenters. The zero-order valence-corrected chi connectivity index (χ0v) is 20.5. The van der Waals surface area contributed by atoms with Crippen LogP contribution in [0.2, 0.25) is 0 Å². The Morgan fingerprint density at radius 2 is 1.67 bits per heavy atom. The van der Waals surface area contributed by atoms with Gasteiger partial charge in [0, 0.05) is 15.9 Å². The molecule has 0 fully saturated rings. The summed E-state index contributed by atoms with van der Waals surface area (Å²) in [4.78, 5) is 12.5. The third kappa shape index (κ3) is 6.24. The first-order valence-electron chi connectivity index (χ1n) is 10.4. The van der Waals surface area contributed by atoms with Crippen molar-refractivity contribution in [2.75, 3.05) is 7.11 Å². The van der Waals surface area contributed by atoms with Crippen molar-refractivity contribution >= 4 is 33.6 Å². The van der Waals surface area contributed by atoms with E-state index >= 15 is 0 Å². The van der Waals surface area contributed by atoms with E-state index in [4.69, 9.17) is 4.74 Å². The number of benzene rings is 3. The van der Waals surface area contributed by atoms with Gasteiger partial charge in [-0.15, -0.1) is 10.2 Å². The van der Waals surface area contributed by atoms with Crippen LogP contribution in [-0.4, -0.2) is 27.8 Å². The van der Waals surface area contributed by atoms with E-state index in [0.717, 1.165) is 32.4 Å². The van der Waals surface area contributed by atoms with Gasteiger partial charge in [-0.05, 0) is 47.5 Å². The van der Waals surface area contributed by atoms with Crippen LogP contribution in [-0.2, 0) is 23.5 Å². The van der Waals surface area contributed by atoms with Crippen LogP contribution in [0, 0.1) is 0 Å². The summed E-state index contributed by atoms with van der Waals surface area (Å²) in [6.45, 7) is 0.287. The largest absolute Gasteiger partial charge is 0.497 e. The van der Waals surface area contributed by atoms with Crippen LogP contribution in [0.5, 0.6) is 5.75 Å². The van der Waals surface area contributed by atoms with Crippen molar-refractivity contribution in [3.05, 3.63) is 100 Å². The maximum absolute atomic E-state index is 12.5. The Bertz CT molecular complexity index is 1200. The minimum atomic E-state index is -0.0770. The van der Waals surface area contributed by atoms with Crippen LogP contribution < -0.4 is 10.1 Å². The van der Waals surface area contributed by atoms with Gasteiger partial charge in [-0.3, -0.25) is 9.36 Å².